The normalized spacial score (nSPS) is 15.2. The van der Waals surface area contributed by atoms with Gasteiger partial charge in [-0.25, -0.2) is 13.1 Å². The Labute approximate surface area is 166 Å². The number of carbonyl (C=O) groups is 1. The molecule has 28 heavy (non-hydrogen) atoms. The van der Waals surface area contributed by atoms with Gasteiger partial charge in [0.2, 0.25) is 10.0 Å². The number of morpholine rings is 1. The molecule has 2 N–H and O–H groups in total. The lowest BCUT2D eigenvalue weighted by molar-refractivity contribution is 0.0376. The van der Waals surface area contributed by atoms with Crippen LogP contribution in [0, 0.1) is 0 Å². The van der Waals surface area contributed by atoms with Gasteiger partial charge in [0, 0.05) is 32.2 Å². The number of rotatable bonds is 11. The molecule has 0 aromatic heterocycles. The van der Waals surface area contributed by atoms with Gasteiger partial charge < -0.3 is 19.5 Å². The number of benzene rings is 1. The minimum atomic E-state index is -3.45. The number of amides is 1. The fourth-order valence-electron chi connectivity index (χ4n) is 2.81. The summed E-state index contributed by atoms with van der Waals surface area (Å²) in [6.07, 6.45) is 0.731. The van der Waals surface area contributed by atoms with E-state index in [-0.39, 0.29) is 12.3 Å². The molecule has 0 saturated carbocycles. The maximum absolute atomic E-state index is 12.3. The Bertz CT molecular complexity index is 735. The van der Waals surface area contributed by atoms with E-state index in [9.17, 15) is 13.2 Å². The molecule has 0 radical (unpaired) electrons. The largest absolute Gasteiger partial charge is 0.497 e. The van der Waals surface area contributed by atoms with Crippen LogP contribution in [-0.4, -0.2) is 85.1 Å². The van der Waals surface area contributed by atoms with Crippen LogP contribution >= 0.6 is 0 Å². The van der Waals surface area contributed by atoms with Gasteiger partial charge in [-0.2, -0.15) is 0 Å². The van der Waals surface area contributed by atoms with Crippen molar-refractivity contribution in [3.8, 4) is 11.5 Å². The van der Waals surface area contributed by atoms with E-state index < -0.39 is 15.9 Å². The zero-order valence-electron chi connectivity index (χ0n) is 16.4. The predicted molar refractivity (Wildman–Crippen MR) is 106 cm³/mol. The Morgan fingerprint density at radius 1 is 1.18 bits per heavy atom. The highest BCUT2D eigenvalue weighted by Crippen LogP contribution is 2.24. The Kier molecular flexibility index (Phi) is 8.97. The summed E-state index contributed by atoms with van der Waals surface area (Å²) < 4.78 is 42.3. The lowest BCUT2D eigenvalue weighted by Crippen LogP contribution is -2.39. The maximum Gasteiger partial charge on any atom is 0.255 e. The Morgan fingerprint density at radius 2 is 1.93 bits per heavy atom. The van der Waals surface area contributed by atoms with Gasteiger partial charge in [-0.15, -0.1) is 0 Å². The number of hydrogen-bond donors (Lipinski definition) is 2. The molecule has 1 aliphatic rings. The van der Waals surface area contributed by atoms with Crippen molar-refractivity contribution in [1.29, 1.82) is 0 Å². The lowest BCUT2D eigenvalue weighted by atomic mass is 10.2. The first-order chi connectivity index (χ1) is 13.4. The van der Waals surface area contributed by atoms with Gasteiger partial charge in [-0.05, 0) is 25.1 Å². The maximum atomic E-state index is 12.3. The Balaban J connectivity index is 1.71. The molecule has 0 atom stereocenters. The number of sulfonamides is 1. The van der Waals surface area contributed by atoms with Crippen molar-refractivity contribution < 1.29 is 27.4 Å². The fourth-order valence-corrected chi connectivity index (χ4v) is 3.78. The third kappa shape index (κ3) is 7.27. The van der Waals surface area contributed by atoms with Crippen LogP contribution in [-0.2, 0) is 14.8 Å². The summed E-state index contributed by atoms with van der Waals surface area (Å²) in [6, 6.07) is 4.82. The molecule has 158 valence electrons. The van der Waals surface area contributed by atoms with Crippen molar-refractivity contribution in [2.45, 2.75) is 6.42 Å². The second kappa shape index (κ2) is 11.2. The van der Waals surface area contributed by atoms with E-state index in [2.05, 4.69) is 14.9 Å². The van der Waals surface area contributed by atoms with Crippen molar-refractivity contribution in [2.24, 2.45) is 0 Å². The summed E-state index contributed by atoms with van der Waals surface area (Å²) in [5.41, 5.74) is 0.319. The zero-order valence-corrected chi connectivity index (χ0v) is 17.2. The van der Waals surface area contributed by atoms with Gasteiger partial charge in [0.25, 0.3) is 5.91 Å². The van der Waals surface area contributed by atoms with E-state index in [1.807, 2.05) is 0 Å². The van der Waals surface area contributed by atoms with Crippen LogP contribution in [0.1, 0.15) is 16.8 Å². The summed E-state index contributed by atoms with van der Waals surface area (Å²) in [7, 11) is -0.472. The van der Waals surface area contributed by atoms with Gasteiger partial charge >= 0.3 is 0 Å². The molecular weight excluding hydrogens is 386 g/mol. The smallest absolute Gasteiger partial charge is 0.255 e. The molecule has 0 unspecified atom stereocenters. The molecule has 1 heterocycles. The SMILES string of the molecule is COc1ccc(C(=O)NCCS(=O)(=O)NCCCN2CCOCC2)c(OC)c1. The Morgan fingerprint density at radius 3 is 2.61 bits per heavy atom. The highest BCUT2D eigenvalue weighted by atomic mass is 32.2. The molecule has 0 bridgehead atoms. The van der Waals surface area contributed by atoms with E-state index in [4.69, 9.17) is 14.2 Å². The van der Waals surface area contributed by atoms with Crippen molar-refractivity contribution >= 4 is 15.9 Å². The minimum absolute atomic E-state index is 0.00676. The van der Waals surface area contributed by atoms with Crippen LogP contribution in [0.5, 0.6) is 11.5 Å². The number of carbonyl (C=O) groups excluding carboxylic acids is 1. The topological polar surface area (TPSA) is 106 Å². The van der Waals surface area contributed by atoms with Gasteiger partial charge in [-0.3, -0.25) is 9.69 Å². The monoisotopic (exact) mass is 415 g/mol. The van der Waals surface area contributed by atoms with Gasteiger partial charge in [-0.1, -0.05) is 0 Å². The highest BCUT2D eigenvalue weighted by molar-refractivity contribution is 7.89. The molecule has 10 heteroatoms. The van der Waals surface area contributed by atoms with E-state index in [1.54, 1.807) is 18.2 Å². The molecule has 0 spiro atoms. The molecule has 1 aliphatic heterocycles. The zero-order chi connectivity index (χ0) is 20.4. The highest BCUT2D eigenvalue weighted by Gasteiger charge is 2.15. The predicted octanol–water partition coefficient (Wildman–Crippen LogP) is 0.0753. The van der Waals surface area contributed by atoms with Crippen LogP contribution in [0.3, 0.4) is 0 Å². The second-order valence-corrected chi connectivity index (χ2v) is 8.27. The average molecular weight is 416 g/mol. The first-order valence-corrected chi connectivity index (χ1v) is 10.9. The third-order valence-corrected chi connectivity index (χ3v) is 5.77. The lowest BCUT2D eigenvalue weighted by Gasteiger charge is -2.26. The molecule has 1 saturated heterocycles. The molecule has 9 nitrogen and oxygen atoms in total. The molecule has 1 aromatic carbocycles. The number of methoxy groups -OCH3 is 2. The number of nitrogens with zero attached hydrogens (tertiary/aromatic N) is 1. The molecule has 1 aromatic rings. The summed E-state index contributed by atoms with van der Waals surface area (Å²) in [5.74, 6) is 0.342. The Hall–Kier alpha value is -1.88. The first-order valence-electron chi connectivity index (χ1n) is 9.23. The number of ether oxygens (including phenoxy) is 3. The molecule has 2 rings (SSSR count). The molecule has 0 aliphatic carbocycles. The minimum Gasteiger partial charge on any atom is -0.497 e. The standard InChI is InChI=1S/C18H29N3O6S/c1-25-15-4-5-16(17(14-15)26-2)18(22)19-7-13-28(23,24)20-6-3-8-21-9-11-27-12-10-21/h4-5,14,20H,3,6-13H2,1-2H3,(H,19,22). The second-order valence-electron chi connectivity index (χ2n) is 6.34. The van der Waals surface area contributed by atoms with E-state index >= 15 is 0 Å². The summed E-state index contributed by atoms with van der Waals surface area (Å²) >= 11 is 0. The van der Waals surface area contributed by atoms with E-state index in [0.717, 1.165) is 39.3 Å². The van der Waals surface area contributed by atoms with Crippen LogP contribution in [0.2, 0.25) is 0 Å². The summed E-state index contributed by atoms with van der Waals surface area (Å²) in [6.45, 7) is 4.43. The van der Waals surface area contributed by atoms with E-state index in [1.165, 1.54) is 14.2 Å². The van der Waals surface area contributed by atoms with Crippen LogP contribution < -0.4 is 19.5 Å². The van der Waals surface area contributed by atoms with Crippen LogP contribution in [0.25, 0.3) is 0 Å². The van der Waals surface area contributed by atoms with Gasteiger partial charge in [0.05, 0.1) is 38.7 Å². The van der Waals surface area contributed by atoms with Crippen LogP contribution in [0.4, 0.5) is 0 Å². The van der Waals surface area contributed by atoms with Crippen molar-refractivity contribution in [1.82, 2.24) is 14.9 Å². The third-order valence-electron chi connectivity index (χ3n) is 4.39. The van der Waals surface area contributed by atoms with Crippen molar-refractivity contribution in [2.75, 3.05) is 65.9 Å². The average Bonchev–Trinajstić information content (AvgIpc) is 2.71. The molecule has 1 fully saturated rings. The first kappa shape index (κ1) is 22.4. The molecular formula is C18H29N3O6S. The van der Waals surface area contributed by atoms with Crippen molar-refractivity contribution in [3.63, 3.8) is 0 Å². The number of nitrogens with one attached hydrogen (secondary N) is 2. The quantitative estimate of drug-likeness (QED) is 0.493. The van der Waals surface area contributed by atoms with E-state index in [0.29, 0.717) is 23.6 Å². The molecule has 1 amide bonds. The summed E-state index contributed by atoms with van der Waals surface area (Å²) in [4.78, 5) is 14.5. The number of hydrogen-bond acceptors (Lipinski definition) is 7. The van der Waals surface area contributed by atoms with Crippen molar-refractivity contribution in [3.05, 3.63) is 23.8 Å². The van der Waals surface area contributed by atoms with Gasteiger partial charge in [0.15, 0.2) is 0 Å². The van der Waals surface area contributed by atoms with Gasteiger partial charge in [0.1, 0.15) is 11.5 Å². The summed E-state index contributed by atoms with van der Waals surface area (Å²) in [5, 5.41) is 2.61. The fraction of sp³-hybridized carbons (Fsp3) is 0.611. The van der Waals surface area contributed by atoms with Crippen LogP contribution in [0.15, 0.2) is 18.2 Å².